The highest BCUT2D eigenvalue weighted by Gasteiger charge is 2.68. The molecule has 2 fully saturated rings. The number of carbonyl (C=O) groups excluding carboxylic acids is 1. The van der Waals surface area contributed by atoms with Gasteiger partial charge in [-0.2, -0.15) is 0 Å². The SMILES string of the molecule is COC(=O)C1=CC(O)C23CC1C(C)(C)C2CCC3CO. The number of methoxy groups -OCH3 is 1. The van der Waals surface area contributed by atoms with E-state index in [1.807, 2.05) is 0 Å². The number of fused-ring (bicyclic) bond motifs is 1. The highest BCUT2D eigenvalue weighted by molar-refractivity contribution is 5.89. The molecule has 4 heteroatoms. The summed E-state index contributed by atoms with van der Waals surface area (Å²) in [5.74, 6) is 0.294. The minimum atomic E-state index is -0.653. The van der Waals surface area contributed by atoms with Crippen molar-refractivity contribution < 1.29 is 19.7 Å². The van der Waals surface area contributed by atoms with Crippen molar-refractivity contribution in [2.24, 2.45) is 28.6 Å². The monoisotopic (exact) mass is 280 g/mol. The molecule has 2 N–H and O–H groups in total. The number of hydrogen-bond donors (Lipinski definition) is 2. The van der Waals surface area contributed by atoms with Crippen LogP contribution in [0.4, 0.5) is 0 Å². The summed E-state index contributed by atoms with van der Waals surface area (Å²) < 4.78 is 4.89. The Balaban J connectivity index is 2.10. The van der Waals surface area contributed by atoms with Crippen molar-refractivity contribution in [3.05, 3.63) is 11.6 Å². The summed E-state index contributed by atoms with van der Waals surface area (Å²) >= 11 is 0. The average Bonchev–Trinajstić information content (AvgIpc) is 2.88. The molecule has 5 atom stereocenters. The third-order valence-corrected chi connectivity index (χ3v) is 6.47. The lowest BCUT2D eigenvalue weighted by atomic mass is 9.66. The molecule has 0 aromatic rings. The van der Waals surface area contributed by atoms with Crippen LogP contribution < -0.4 is 0 Å². The van der Waals surface area contributed by atoms with E-state index in [4.69, 9.17) is 4.74 Å². The number of hydrogen-bond acceptors (Lipinski definition) is 4. The molecule has 0 radical (unpaired) electrons. The van der Waals surface area contributed by atoms with Crippen molar-refractivity contribution in [2.75, 3.05) is 13.7 Å². The van der Waals surface area contributed by atoms with Crippen molar-refractivity contribution >= 4 is 5.97 Å². The molecule has 0 heterocycles. The molecule has 0 aromatic heterocycles. The normalized spacial score (nSPS) is 45.0. The van der Waals surface area contributed by atoms with E-state index < -0.39 is 6.10 Å². The number of ether oxygens (including phenoxy) is 1. The van der Waals surface area contributed by atoms with Gasteiger partial charge in [-0.05, 0) is 48.5 Å². The summed E-state index contributed by atoms with van der Waals surface area (Å²) in [5.41, 5.74) is 0.337. The number of carbonyl (C=O) groups is 1. The number of aliphatic hydroxyl groups is 2. The third-order valence-electron chi connectivity index (χ3n) is 6.47. The predicted molar refractivity (Wildman–Crippen MR) is 73.7 cm³/mol. The Hall–Kier alpha value is -0.870. The summed E-state index contributed by atoms with van der Waals surface area (Å²) in [4.78, 5) is 12.0. The lowest BCUT2D eigenvalue weighted by Gasteiger charge is -2.41. The second-order valence-electron chi connectivity index (χ2n) is 7.26. The fourth-order valence-electron chi connectivity index (χ4n) is 5.53. The molecular weight excluding hydrogens is 256 g/mol. The summed E-state index contributed by atoms with van der Waals surface area (Å²) in [6.07, 6.45) is 3.83. The Morgan fingerprint density at radius 3 is 2.75 bits per heavy atom. The summed E-state index contributed by atoms with van der Waals surface area (Å²) in [6, 6.07) is 0. The Morgan fingerprint density at radius 2 is 2.15 bits per heavy atom. The Morgan fingerprint density at radius 1 is 1.45 bits per heavy atom. The van der Waals surface area contributed by atoms with Gasteiger partial charge in [0.25, 0.3) is 0 Å². The van der Waals surface area contributed by atoms with Gasteiger partial charge in [-0.15, -0.1) is 0 Å². The number of esters is 1. The fraction of sp³-hybridized carbons (Fsp3) is 0.812. The van der Waals surface area contributed by atoms with Crippen LogP contribution >= 0.6 is 0 Å². The maximum atomic E-state index is 12.0. The largest absolute Gasteiger partial charge is 0.466 e. The van der Waals surface area contributed by atoms with Crippen LogP contribution in [0.1, 0.15) is 33.1 Å². The van der Waals surface area contributed by atoms with Gasteiger partial charge in [-0.1, -0.05) is 13.8 Å². The van der Waals surface area contributed by atoms with Crippen LogP contribution in [0.15, 0.2) is 11.6 Å². The first kappa shape index (κ1) is 14.1. The zero-order valence-electron chi connectivity index (χ0n) is 12.4. The highest BCUT2D eigenvalue weighted by atomic mass is 16.5. The van der Waals surface area contributed by atoms with E-state index in [2.05, 4.69) is 13.8 Å². The molecule has 0 saturated heterocycles. The van der Waals surface area contributed by atoms with Gasteiger partial charge in [-0.3, -0.25) is 0 Å². The quantitative estimate of drug-likeness (QED) is 0.753. The van der Waals surface area contributed by atoms with E-state index in [0.717, 1.165) is 19.3 Å². The van der Waals surface area contributed by atoms with Gasteiger partial charge in [0.2, 0.25) is 0 Å². The Labute approximate surface area is 119 Å². The van der Waals surface area contributed by atoms with E-state index in [0.29, 0.717) is 11.5 Å². The molecule has 3 aliphatic carbocycles. The zero-order chi connectivity index (χ0) is 14.7. The lowest BCUT2D eigenvalue weighted by molar-refractivity contribution is -0.137. The van der Waals surface area contributed by atoms with Crippen LogP contribution in [0.2, 0.25) is 0 Å². The second kappa shape index (κ2) is 4.31. The summed E-state index contributed by atoms with van der Waals surface area (Å²) in [7, 11) is 1.39. The van der Waals surface area contributed by atoms with Gasteiger partial charge in [0.15, 0.2) is 0 Å². The molecule has 4 nitrogen and oxygen atoms in total. The van der Waals surface area contributed by atoms with Crippen molar-refractivity contribution in [1.82, 2.24) is 0 Å². The van der Waals surface area contributed by atoms with Crippen LogP contribution in [0.3, 0.4) is 0 Å². The van der Waals surface area contributed by atoms with Crippen molar-refractivity contribution in [1.29, 1.82) is 0 Å². The van der Waals surface area contributed by atoms with Crippen molar-refractivity contribution in [2.45, 2.75) is 39.2 Å². The average molecular weight is 280 g/mol. The lowest BCUT2D eigenvalue weighted by Crippen LogP contribution is -2.43. The number of rotatable bonds is 2. The van der Waals surface area contributed by atoms with E-state index in [1.54, 1.807) is 6.08 Å². The molecule has 5 unspecified atom stereocenters. The van der Waals surface area contributed by atoms with Crippen molar-refractivity contribution in [3.8, 4) is 0 Å². The second-order valence-corrected chi connectivity index (χ2v) is 7.26. The third kappa shape index (κ3) is 1.47. The molecule has 0 aliphatic heterocycles. The molecule has 2 bridgehead atoms. The Kier molecular flexibility index (Phi) is 3.04. The van der Waals surface area contributed by atoms with E-state index >= 15 is 0 Å². The first-order valence-corrected chi connectivity index (χ1v) is 7.48. The van der Waals surface area contributed by atoms with Gasteiger partial charge < -0.3 is 14.9 Å². The molecule has 20 heavy (non-hydrogen) atoms. The fourth-order valence-corrected chi connectivity index (χ4v) is 5.53. The predicted octanol–water partition coefficient (Wildman–Crippen LogP) is 1.51. The van der Waals surface area contributed by atoms with Gasteiger partial charge >= 0.3 is 5.97 Å². The van der Waals surface area contributed by atoms with E-state index in [1.165, 1.54) is 7.11 Å². The molecule has 3 rings (SSSR count). The molecule has 0 aromatic carbocycles. The standard InChI is InChI=1S/C16H24O4/c1-15(2)11-7-16(9(8-17)4-5-12(15)16)13(18)6-10(11)14(19)20-3/h6,9,11-13,17-18H,4-5,7-8H2,1-3H3. The van der Waals surface area contributed by atoms with Crippen LogP contribution in [0, 0.1) is 28.6 Å². The van der Waals surface area contributed by atoms with E-state index in [9.17, 15) is 15.0 Å². The van der Waals surface area contributed by atoms with Gasteiger partial charge in [0.05, 0.1) is 13.2 Å². The maximum Gasteiger partial charge on any atom is 0.333 e. The summed E-state index contributed by atoms with van der Waals surface area (Å²) in [6.45, 7) is 4.51. The van der Waals surface area contributed by atoms with Crippen LogP contribution in [-0.4, -0.2) is 36.0 Å². The first-order valence-electron chi connectivity index (χ1n) is 7.48. The van der Waals surface area contributed by atoms with Gasteiger partial charge in [-0.25, -0.2) is 4.79 Å². The Bertz CT molecular complexity index is 467. The molecule has 1 spiro atoms. The van der Waals surface area contributed by atoms with Crippen LogP contribution in [0.25, 0.3) is 0 Å². The smallest absolute Gasteiger partial charge is 0.333 e. The van der Waals surface area contributed by atoms with Gasteiger partial charge in [0.1, 0.15) is 0 Å². The van der Waals surface area contributed by atoms with Crippen LogP contribution in [0.5, 0.6) is 0 Å². The first-order chi connectivity index (χ1) is 9.39. The molecule has 2 saturated carbocycles. The van der Waals surface area contributed by atoms with Gasteiger partial charge in [0, 0.05) is 17.6 Å². The number of aliphatic hydroxyl groups excluding tert-OH is 2. The van der Waals surface area contributed by atoms with Crippen LogP contribution in [-0.2, 0) is 9.53 Å². The molecule has 3 aliphatic rings. The molecular formula is C16H24O4. The maximum absolute atomic E-state index is 12.0. The molecule has 0 amide bonds. The molecule has 112 valence electrons. The highest BCUT2D eigenvalue weighted by Crippen LogP contribution is 2.71. The topological polar surface area (TPSA) is 66.8 Å². The minimum absolute atomic E-state index is 0.0403. The summed E-state index contributed by atoms with van der Waals surface area (Å²) in [5, 5.41) is 20.4. The minimum Gasteiger partial charge on any atom is -0.466 e. The zero-order valence-corrected chi connectivity index (χ0v) is 12.4. The van der Waals surface area contributed by atoms with E-state index in [-0.39, 0.29) is 35.2 Å². The van der Waals surface area contributed by atoms with Crippen molar-refractivity contribution in [3.63, 3.8) is 0 Å².